The second kappa shape index (κ2) is 6.86. The van der Waals surface area contributed by atoms with Crippen molar-refractivity contribution < 1.29 is 23.4 Å². The van der Waals surface area contributed by atoms with E-state index in [1.165, 1.54) is 12.1 Å². The van der Waals surface area contributed by atoms with Crippen LogP contribution < -0.4 is 10.1 Å². The summed E-state index contributed by atoms with van der Waals surface area (Å²) in [5.41, 5.74) is 2.40. The predicted octanol–water partition coefficient (Wildman–Crippen LogP) is 3.34. The maximum atomic E-state index is 12.2. The van der Waals surface area contributed by atoms with Gasteiger partial charge >= 0.3 is 6.61 Å². The Morgan fingerprint density at radius 3 is 2.88 bits per heavy atom. The average molecular weight is 333 g/mol. The SMILES string of the molecule is O=C(Cc1cccc(OC(F)F)c1)NC1CCc2c(O)cccc21. The number of fused-ring (bicyclic) bond motifs is 1. The van der Waals surface area contributed by atoms with Crippen molar-refractivity contribution in [1.29, 1.82) is 0 Å². The van der Waals surface area contributed by atoms with E-state index in [9.17, 15) is 18.7 Å². The van der Waals surface area contributed by atoms with Gasteiger partial charge in [0, 0.05) is 0 Å². The first-order valence-corrected chi connectivity index (χ1v) is 7.67. The summed E-state index contributed by atoms with van der Waals surface area (Å²) in [6.07, 6.45) is 1.52. The first kappa shape index (κ1) is 16.2. The molecule has 2 aromatic carbocycles. The summed E-state index contributed by atoms with van der Waals surface area (Å²) in [6.45, 7) is -2.89. The Balaban J connectivity index is 1.64. The van der Waals surface area contributed by atoms with Crippen LogP contribution in [0.2, 0.25) is 0 Å². The molecule has 1 unspecified atom stereocenters. The lowest BCUT2D eigenvalue weighted by Crippen LogP contribution is -2.28. The van der Waals surface area contributed by atoms with Gasteiger partial charge in [0.1, 0.15) is 11.5 Å². The number of benzene rings is 2. The van der Waals surface area contributed by atoms with Gasteiger partial charge in [-0.15, -0.1) is 0 Å². The number of phenols is 1. The molecular formula is C18H17F2NO3. The van der Waals surface area contributed by atoms with Crippen LogP contribution in [0.25, 0.3) is 0 Å². The van der Waals surface area contributed by atoms with Crippen molar-refractivity contribution >= 4 is 5.91 Å². The van der Waals surface area contributed by atoms with Gasteiger partial charge in [-0.2, -0.15) is 8.78 Å². The normalized spacial score (nSPS) is 16.0. The molecule has 4 nitrogen and oxygen atoms in total. The Morgan fingerprint density at radius 2 is 2.08 bits per heavy atom. The van der Waals surface area contributed by atoms with Crippen LogP contribution in [0.5, 0.6) is 11.5 Å². The van der Waals surface area contributed by atoms with Crippen molar-refractivity contribution in [1.82, 2.24) is 5.32 Å². The number of alkyl halides is 2. The van der Waals surface area contributed by atoms with E-state index in [0.717, 1.165) is 17.5 Å². The molecule has 0 radical (unpaired) electrons. The lowest BCUT2D eigenvalue weighted by molar-refractivity contribution is -0.121. The minimum Gasteiger partial charge on any atom is -0.508 e. The van der Waals surface area contributed by atoms with Crippen molar-refractivity contribution in [3.05, 3.63) is 59.2 Å². The summed E-state index contributed by atoms with van der Waals surface area (Å²) in [4.78, 5) is 12.2. The molecular weight excluding hydrogens is 316 g/mol. The molecule has 1 atom stereocenters. The second-order valence-corrected chi connectivity index (χ2v) is 5.71. The summed E-state index contributed by atoms with van der Waals surface area (Å²) in [5, 5.41) is 12.8. The third-order valence-electron chi connectivity index (χ3n) is 4.07. The molecule has 2 N–H and O–H groups in total. The van der Waals surface area contributed by atoms with Gasteiger partial charge < -0.3 is 15.2 Å². The number of carbonyl (C=O) groups is 1. The van der Waals surface area contributed by atoms with Crippen molar-refractivity contribution in [3.63, 3.8) is 0 Å². The smallest absolute Gasteiger partial charge is 0.387 e. The van der Waals surface area contributed by atoms with Crippen LogP contribution in [-0.2, 0) is 17.6 Å². The summed E-state index contributed by atoms with van der Waals surface area (Å²) < 4.78 is 28.8. The highest BCUT2D eigenvalue weighted by molar-refractivity contribution is 5.79. The third-order valence-corrected chi connectivity index (χ3v) is 4.07. The standard InChI is InChI=1S/C18H17F2NO3/c19-18(20)24-12-4-1-3-11(9-12)10-17(23)21-15-8-7-14-13(15)5-2-6-16(14)22/h1-6,9,15,18,22H,7-8,10H2,(H,21,23). The van der Waals surface area contributed by atoms with E-state index < -0.39 is 6.61 Å². The zero-order valence-corrected chi connectivity index (χ0v) is 12.8. The zero-order chi connectivity index (χ0) is 17.1. The maximum Gasteiger partial charge on any atom is 0.387 e. The highest BCUT2D eigenvalue weighted by Gasteiger charge is 2.25. The molecule has 0 saturated heterocycles. The van der Waals surface area contributed by atoms with Gasteiger partial charge in [-0.25, -0.2) is 0 Å². The third kappa shape index (κ3) is 3.64. The first-order valence-electron chi connectivity index (χ1n) is 7.67. The van der Waals surface area contributed by atoms with E-state index in [-0.39, 0.29) is 29.9 Å². The molecule has 6 heteroatoms. The van der Waals surface area contributed by atoms with Crippen LogP contribution in [0.1, 0.15) is 29.2 Å². The lowest BCUT2D eigenvalue weighted by Gasteiger charge is -2.14. The van der Waals surface area contributed by atoms with Crippen molar-refractivity contribution in [2.45, 2.75) is 31.9 Å². The molecule has 1 amide bonds. The number of nitrogens with one attached hydrogen (secondary N) is 1. The molecule has 126 valence electrons. The minimum absolute atomic E-state index is 0.0337. The summed E-state index contributed by atoms with van der Waals surface area (Å²) in [7, 11) is 0. The highest BCUT2D eigenvalue weighted by atomic mass is 19.3. The van der Waals surface area contributed by atoms with E-state index in [4.69, 9.17) is 0 Å². The number of hydrogen-bond acceptors (Lipinski definition) is 3. The first-order chi connectivity index (χ1) is 11.5. The van der Waals surface area contributed by atoms with Crippen LogP contribution >= 0.6 is 0 Å². The Kier molecular flexibility index (Phi) is 4.64. The van der Waals surface area contributed by atoms with Crippen LogP contribution in [0, 0.1) is 0 Å². The van der Waals surface area contributed by atoms with Gasteiger partial charge in [0.15, 0.2) is 0 Å². The zero-order valence-electron chi connectivity index (χ0n) is 12.8. The number of halogens is 2. The van der Waals surface area contributed by atoms with Gasteiger partial charge in [-0.05, 0) is 47.7 Å². The van der Waals surface area contributed by atoms with Crippen LogP contribution in [0.4, 0.5) is 8.78 Å². The van der Waals surface area contributed by atoms with E-state index in [0.29, 0.717) is 12.0 Å². The van der Waals surface area contributed by atoms with Gasteiger partial charge in [0.25, 0.3) is 0 Å². The molecule has 1 aliphatic carbocycles. The molecule has 0 aromatic heterocycles. The van der Waals surface area contributed by atoms with Crippen LogP contribution in [-0.4, -0.2) is 17.6 Å². The summed E-state index contributed by atoms with van der Waals surface area (Å²) in [5.74, 6) is 0.0814. The number of carbonyl (C=O) groups excluding carboxylic acids is 1. The fourth-order valence-electron chi connectivity index (χ4n) is 3.05. The number of ether oxygens (including phenoxy) is 1. The van der Waals surface area contributed by atoms with Gasteiger partial charge in [-0.3, -0.25) is 4.79 Å². The Hall–Kier alpha value is -2.63. The van der Waals surface area contributed by atoms with Crippen LogP contribution in [0.15, 0.2) is 42.5 Å². The topological polar surface area (TPSA) is 58.6 Å². The van der Waals surface area contributed by atoms with Gasteiger partial charge in [0.2, 0.25) is 5.91 Å². The summed E-state index contributed by atoms with van der Waals surface area (Å²) in [6, 6.07) is 11.3. The van der Waals surface area contributed by atoms with E-state index in [2.05, 4.69) is 10.1 Å². The largest absolute Gasteiger partial charge is 0.508 e. The van der Waals surface area contributed by atoms with E-state index in [1.54, 1.807) is 24.3 Å². The molecule has 0 fully saturated rings. The second-order valence-electron chi connectivity index (χ2n) is 5.71. The molecule has 24 heavy (non-hydrogen) atoms. The van der Waals surface area contributed by atoms with E-state index >= 15 is 0 Å². The Labute approximate surface area is 138 Å². The number of hydrogen-bond donors (Lipinski definition) is 2. The molecule has 0 aliphatic heterocycles. The fraction of sp³-hybridized carbons (Fsp3) is 0.278. The lowest BCUT2D eigenvalue weighted by atomic mass is 10.1. The monoisotopic (exact) mass is 333 g/mol. The molecule has 0 spiro atoms. The summed E-state index contributed by atoms with van der Waals surface area (Å²) >= 11 is 0. The number of aromatic hydroxyl groups is 1. The van der Waals surface area contributed by atoms with Crippen molar-refractivity contribution in [2.24, 2.45) is 0 Å². The Morgan fingerprint density at radius 1 is 1.29 bits per heavy atom. The van der Waals surface area contributed by atoms with Gasteiger partial charge in [-0.1, -0.05) is 24.3 Å². The molecule has 1 aliphatic rings. The maximum absolute atomic E-state index is 12.2. The number of phenolic OH excluding ortho intramolecular Hbond substituents is 1. The predicted molar refractivity (Wildman–Crippen MR) is 84.1 cm³/mol. The van der Waals surface area contributed by atoms with Gasteiger partial charge in [0.05, 0.1) is 12.5 Å². The highest BCUT2D eigenvalue weighted by Crippen LogP contribution is 2.36. The van der Waals surface area contributed by atoms with Crippen LogP contribution in [0.3, 0.4) is 0 Å². The minimum atomic E-state index is -2.89. The quantitative estimate of drug-likeness (QED) is 0.882. The number of amides is 1. The molecule has 2 aromatic rings. The van der Waals surface area contributed by atoms with Crippen molar-refractivity contribution in [2.75, 3.05) is 0 Å². The molecule has 0 heterocycles. The van der Waals surface area contributed by atoms with Crippen molar-refractivity contribution in [3.8, 4) is 11.5 Å². The molecule has 0 bridgehead atoms. The molecule has 0 saturated carbocycles. The fourth-order valence-corrected chi connectivity index (χ4v) is 3.05. The molecule has 3 rings (SSSR count). The number of rotatable bonds is 5. The average Bonchev–Trinajstić information content (AvgIpc) is 2.91. The van der Waals surface area contributed by atoms with E-state index in [1.807, 2.05) is 6.07 Å². The Bertz CT molecular complexity index is 749.